The van der Waals surface area contributed by atoms with Crippen molar-refractivity contribution in [2.24, 2.45) is 0 Å². The fourth-order valence-electron chi connectivity index (χ4n) is 0.965. The van der Waals surface area contributed by atoms with E-state index >= 15 is 0 Å². The Balaban J connectivity index is 3.53. The maximum Gasteiger partial charge on any atom is 0.234 e. The normalized spacial score (nSPS) is 8.00. The van der Waals surface area contributed by atoms with Gasteiger partial charge in [-0.3, -0.25) is 0 Å². The van der Waals surface area contributed by atoms with E-state index in [9.17, 15) is 0 Å². The van der Waals surface area contributed by atoms with Gasteiger partial charge in [0.15, 0.2) is 11.4 Å². The molecule has 68 valence electrons. The average molecular weight is 194 g/mol. The minimum absolute atomic E-state index is 0.0975. The second kappa shape index (κ2) is 4.33. The van der Waals surface area contributed by atoms with Gasteiger partial charge in [-0.15, -0.1) is 0 Å². The third-order valence-electron chi connectivity index (χ3n) is 1.57. The van der Waals surface area contributed by atoms with E-state index < -0.39 is 0 Å². The van der Waals surface area contributed by atoms with E-state index in [0.29, 0.717) is 0 Å². The van der Waals surface area contributed by atoms with Crippen LogP contribution in [0.3, 0.4) is 0 Å². The lowest BCUT2D eigenvalue weighted by molar-refractivity contribution is 1.02. The van der Waals surface area contributed by atoms with Crippen LogP contribution < -0.4 is 0 Å². The van der Waals surface area contributed by atoms with E-state index in [-0.39, 0.29) is 29.2 Å². The van der Waals surface area contributed by atoms with Crippen LogP contribution in [-0.2, 0) is 6.42 Å². The first-order valence-corrected chi connectivity index (χ1v) is 3.75. The molecular weight excluding hydrogens is 192 g/mol. The molecule has 0 fully saturated rings. The lowest BCUT2D eigenvalue weighted by Gasteiger charge is -1.99. The van der Waals surface area contributed by atoms with Crippen LogP contribution in [0.4, 0.5) is 0 Å². The lowest BCUT2D eigenvalue weighted by atomic mass is 10.1. The van der Waals surface area contributed by atoms with Crippen molar-refractivity contribution >= 4 is 0 Å². The van der Waals surface area contributed by atoms with E-state index in [4.69, 9.17) is 21.0 Å². The molecule has 0 N–H and O–H groups in total. The van der Waals surface area contributed by atoms with E-state index in [1.807, 2.05) is 0 Å². The van der Waals surface area contributed by atoms with Crippen LogP contribution >= 0.6 is 0 Å². The smallest absolute Gasteiger partial charge is 0.208 e. The molecule has 0 aliphatic rings. The van der Waals surface area contributed by atoms with Gasteiger partial charge in [-0.05, 0) is 0 Å². The monoisotopic (exact) mass is 194 g/mol. The summed E-state index contributed by atoms with van der Waals surface area (Å²) in [6, 6.07) is 6.89. The highest BCUT2D eigenvalue weighted by atomic mass is 14.9. The molecule has 1 aromatic heterocycles. The molecule has 1 heterocycles. The lowest BCUT2D eigenvalue weighted by Crippen LogP contribution is -2.04. The Hall–Kier alpha value is -2.96. The van der Waals surface area contributed by atoms with E-state index in [0.717, 1.165) is 0 Å². The van der Waals surface area contributed by atoms with Gasteiger partial charge in [0.25, 0.3) is 0 Å². The van der Waals surface area contributed by atoms with Gasteiger partial charge in [0, 0.05) is 5.56 Å². The van der Waals surface area contributed by atoms with Crippen LogP contribution in [0.1, 0.15) is 22.8 Å². The molecule has 0 spiro atoms. The molecule has 0 saturated carbocycles. The zero-order valence-corrected chi connectivity index (χ0v) is 7.39. The Labute approximate surface area is 85.3 Å². The van der Waals surface area contributed by atoms with Crippen molar-refractivity contribution in [2.45, 2.75) is 6.42 Å². The maximum atomic E-state index is 8.72. The third kappa shape index (κ3) is 1.86. The molecule has 0 aliphatic carbocycles. The highest BCUT2D eigenvalue weighted by molar-refractivity contribution is 5.43. The minimum atomic E-state index is -0.246. The zero-order valence-electron chi connectivity index (χ0n) is 7.39. The zero-order chi connectivity index (χ0) is 11.3. The van der Waals surface area contributed by atoms with Gasteiger partial charge in [0.1, 0.15) is 18.2 Å². The minimum Gasteiger partial charge on any atom is -0.208 e. The molecule has 0 atom stereocenters. The standard InChI is InChI=1S/C9H2N6/c10-2-1-6-7(3-11)14-9(5-13)15-8(6)4-12/h1H2. The van der Waals surface area contributed by atoms with Crippen LogP contribution in [0.2, 0.25) is 0 Å². The van der Waals surface area contributed by atoms with Gasteiger partial charge in [-0.2, -0.15) is 21.0 Å². The second-order valence-corrected chi connectivity index (χ2v) is 2.39. The van der Waals surface area contributed by atoms with Crippen LogP contribution in [0.5, 0.6) is 0 Å². The summed E-state index contributed by atoms with van der Waals surface area (Å²) >= 11 is 0. The Morgan fingerprint density at radius 3 is 1.73 bits per heavy atom. The van der Waals surface area contributed by atoms with Crippen molar-refractivity contribution in [3.05, 3.63) is 22.8 Å². The van der Waals surface area contributed by atoms with Gasteiger partial charge in [0.2, 0.25) is 5.82 Å². The van der Waals surface area contributed by atoms with Gasteiger partial charge < -0.3 is 0 Å². The van der Waals surface area contributed by atoms with E-state index in [1.165, 1.54) is 0 Å². The fraction of sp³-hybridized carbons (Fsp3) is 0.111. The van der Waals surface area contributed by atoms with E-state index in [1.54, 1.807) is 24.3 Å². The third-order valence-corrected chi connectivity index (χ3v) is 1.57. The Kier molecular flexibility index (Phi) is 2.92. The maximum absolute atomic E-state index is 8.72. The number of hydrogen-bond acceptors (Lipinski definition) is 6. The molecule has 0 aliphatic heterocycles. The molecule has 1 rings (SSSR count). The van der Waals surface area contributed by atoms with Crippen molar-refractivity contribution in [2.75, 3.05) is 0 Å². The molecule has 6 heteroatoms. The Bertz CT molecular complexity index is 525. The molecule has 15 heavy (non-hydrogen) atoms. The number of hydrogen-bond donors (Lipinski definition) is 0. The predicted molar refractivity (Wildman–Crippen MR) is 45.5 cm³/mol. The molecule has 0 radical (unpaired) electrons. The van der Waals surface area contributed by atoms with Crippen molar-refractivity contribution in [3.8, 4) is 24.3 Å². The number of nitrogens with zero attached hydrogens (tertiary/aromatic N) is 6. The summed E-state index contributed by atoms with van der Waals surface area (Å²) in [5, 5.41) is 34.5. The van der Waals surface area contributed by atoms with Gasteiger partial charge in [-0.1, -0.05) is 0 Å². The van der Waals surface area contributed by atoms with Gasteiger partial charge >= 0.3 is 0 Å². The van der Waals surface area contributed by atoms with Crippen molar-refractivity contribution < 1.29 is 0 Å². The number of rotatable bonds is 1. The molecule has 0 amide bonds. The van der Waals surface area contributed by atoms with Crippen LogP contribution in [0.25, 0.3) is 0 Å². The average Bonchev–Trinajstić information content (AvgIpc) is 2.29. The largest absolute Gasteiger partial charge is 0.234 e. The quantitative estimate of drug-likeness (QED) is 0.627. The van der Waals surface area contributed by atoms with Crippen LogP contribution in [0.15, 0.2) is 0 Å². The van der Waals surface area contributed by atoms with Gasteiger partial charge in [-0.25, -0.2) is 9.97 Å². The molecule has 1 aromatic rings. The Morgan fingerprint density at radius 2 is 1.40 bits per heavy atom. The molecular formula is C9H2N6. The van der Waals surface area contributed by atoms with Crippen LogP contribution in [-0.4, -0.2) is 9.97 Å². The van der Waals surface area contributed by atoms with Crippen molar-refractivity contribution in [1.29, 1.82) is 21.0 Å². The molecule has 6 nitrogen and oxygen atoms in total. The topological polar surface area (TPSA) is 121 Å². The Morgan fingerprint density at radius 1 is 0.867 bits per heavy atom. The first-order valence-electron chi connectivity index (χ1n) is 3.75. The summed E-state index contributed by atoms with van der Waals surface area (Å²) < 4.78 is 0. The molecule has 0 bridgehead atoms. The van der Waals surface area contributed by atoms with Crippen LogP contribution in [0, 0.1) is 45.3 Å². The fourth-order valence-corrected chi connectivity index (χ4v) is 0.965. The summed E-state index contributed by atoms with van der Waals surface area (Å²) in [7, 11) is 0. The molecule has 0 saturated heterocycles. The van der Waals surface area contributed by atoms with E-state index in [2.05, 4.69) is 9.97 Å². The molecule has 0 unspecified atom stereocenters. The highest BCUT2D eigenvalue weighted by Gasteiger charge is 2.13. The summed E-state index contributed by atoms with van der Waals surface area (Å²) in [6.07, 6.45) is -0.127. The summed E-state index contributed by atoms with van der Waals surface area (Å²) in [5.41, 5.74) is -0.0270. The second-order valence-electron chi connectivity index (χ2n) is 2.39. The number of aromatic nitrogens is 2. The summed E-state index contributed by atoms with van der Waals surface area (Å²) in [5.74, 6) is -0.246. The summed E-state index contributed by atoms with van der Waals surface area (Å²) in [6.45, 7) is 0. The van der Waals surface area contributed by atoms with Gasteiger partial charge in [0.05, 0.1) is 12.5 Å². The number of nitriles is 4. The highest BCUT2D eigenvalue weighted by Crippen LogP contribution is 2.10. The van der Waals surface area contributed by atoms with Crippen molar-refractivity contribution in [1.82, 2.24) is 9.97 Å². The predicted octanol–water partition coefficient (Wildman–Crippen LogP) is 0.158. The molecule has 0 aromatic carbocycles. The SMILES string of the molecule is N#CCc1c(C#N)nc(C#N)nc1C#N. The summed E-state index contributed by atoms with van der Waals surface area (Å²) in [4.78, 5) is 7.20. The first kappa shape index (κ1) is 10.1. The first-order chi connectivity index (χ1) is 7.26. The van der Waals surface area contributed by atoms with Crippen molar-refractivity contribution in [3.63, 3.8) is 0 Å².